The van der Waals surface area contributed by atoms with Crippen LogP contribution >= 0.6 is 0 Å². The SMILES string of the molecule is CNCc1ccc(N(C)C2CCOC2C)nc1C. The zero-order valence-electron chi connectivity index (χ0n) is 11.7. The van der Waals surface area contributed by atoms with E-state index in [9.17, 15) is 0 Å². The first-order valence-corrected chi connectivity index (χ1v) is 6.59. The molecule has 0 saturated carbocycles. The molecule has 0 spiro atoms. The van der Waals surface area contributed by atoms with Gasteiger partial charge in [-0.3, -0.25) is 0 Å². The molecular formula is C14H23N3O. The van der Waals surface area contributed by atoms with Crippen LogP contribution in [0.4, 0.5) is 5.82 Å². The van der Waals surface area contributed by atoms with Gasteiger partial charge in [-0.15, -0.1) is 0 Å². The first kappa shape index (κ1) is 13.3. The molecule has 4 heteroatoms. The number of nitrogens with one attached hydrogen (secondary N) is 1. The van der Waals surface area contributed by atoms with Gasteiger partial charge >= 0.3 is 0 Å². The molecule has 18 heavy (non-hydrogen) atoms. The summed E-state index contributed by atoms with van der Waals surface area (Å²) in [5.41, 5.74) is 2.35. The van der Waals surface area contributed by atoms with Crippen LogP contribution in [0.25, 0.3) is 0 Å². The van der Waals surface area contributed by atoms with E-state index in [1.807, 2.05) is 7.05 Å². The molecule has 1 saturated heterocycles. The smallest absolute Gasteiger partial charge is 0.128 e. The lowest BCUT2D eigenvalue weighted by molar-refractivity contribution is 0.118. The van der Waals surface area contributed by atoms with E-state index < -0.39 is 0 Å². The number of aromatic nitrogens is 1. The standard InChI is InChI=1S/C14H23N3O/c1-10-12(9-15-3)5-6-14(16-10)17(4)13-7-8-18-11(13)2/h5-6,11,13,15H,7-9H2,1-4H3. The average Bonchev–Trinajstić information content (AvgIpc) is 2.77. The lowest BCUT2D eigenvalue weighted by Gasteiger charge is -2.28. The number of nitrogens with zero attached hydrogens (tertiary/aromatic N) is 2. The van der Waals surface area contributed by atoms with Crippen LogP contribution in [0.1, 0.15) is 24.6 Å². The molecule has 0 amide bonds. The van der Waals surface area contributed by atoms with Gasteiger partial charge in [-0.2, -0.15) is 0 Å². The number of anilines is 1. The second-order valence-electron chi connectivity index (χ2n) is 4.99. The molecule has 2 unspecified atom stereocenters. The van der Waals surface area contributed by atoms with Crippen molar-refractivity contribution in [2.75, 3.05) is 25.6 Å². The minimum atomic E-state index is 0.286. The van der Waals surface area contributed by atoms with E-state index in [0.717, 1.165) is 31.1 Å². The summed E-state index contributed by atoms with van der Waals surface area (Å²) in [4.78, 5) is 6.94. The third kappa shape index (κ3) is 2.65. The number of likely N-dealkylation sites (N-methyl/N-ethyl adjacent to an activating group) is 1. The monoisotopic (exact) mass is 249 g/mol. The summed E-state index contributed by atoms with van der Waals surface area (Å²) in [7, 11) is 4.06. The molecule has 1 aliphatic heterocycles. The van der Waals surface area contributed by atoms with Crippen molar-refractivity contribution in [3.63, 3.8) is 0 Å². The molecule has 2 rings (SSSR count). The molecule has 0 aromatic carbocycles. The zero-order chi connectivity index (χ0) is 13.1. The third-order valence-electron chi connectivity index (χ3n) is 3.74. The fourth-order valence-corrected chi connectivity index (χ4v) is 2.55. The van der Waals surface area contributed by atoms with Crippen LogP contribution in [0.15, 0.2) is 12.1 Å². The minimum Gasteiger partial charge on any atom is -0.376 e. The molecule has 100 valence electrons. The number of ether oxygens (including phenoxy) is 1. The van der Waals surface area contributed by atoms with Gasteiger partial charge in [0.25, 0.3) is 0 Å². The number of aryl methyl sites for hydroxylation is 1. The molecule has 1 aromatic rings. The molecule has 2 heterocycles. The Bertz CT molecular complexity index is 408. The number of rotatable bonds is 4. The Kier molecular flexibility index (Phi) is 4.19. The van der Waals surface area contributed by atoms with E-state index in [2.05, 4.69) is 43.2 Å². The van der Waals surface area contributed by atoms with Crippen LogP contribution in [-0.4, -0.2) is 37.8 Å². The predicted octanol–water partition coefficient (Wildman–Crippen LogP) is 1.72. The molecular weight excluding hydrogens is 226 g/mol. The fourth-order valence-electron chi connectivity index (χ4n) is 2.55. The third-order valence-corrected chi connectivity index (χ3v) is 3.74. The van der Waals surface area contributed by atoms with Crippen molar-refractivity contribution in [2.45, 2.75) is 39.0 Å². The normalized spacial score (nSPS) is 23.3. The maximum atomic E-state index is 5.62. The number of hydrogen-bond donors (Lipinski definition) is 1. The minimum absolute atomic E-state index is 0.286. The highest BCUT2D eigenvalue weighted by atomic mass is 16.5. The summed E-state index contributed by atoms with van der Waals surface area (Å²) in [5, 5.41) is 3.16. The van der Waals surface area contributed by atoms with Gasteiger partial charge in [-0.25, -0.2) is 4.98 Å². The van der Waals surface area contributed by atoms with E-state index in [-0.39, 0.29) is 6.10 Å². The molecule has 1 aliphatic rings. The molecule has 1 N–H and O–H groups in total. The summed E-state index contributed by atoms with van der Waals surface area (Å²) >= 11 is 0. The highest BCUT2D eigenvalue weighted by Gasteiger charge is 2.28. The number of hydrogen-bond acceptors (Lipinski definition) is 4. The highest BCUT2D eigenvalue weighted by molar-refractivity contribution is 5.42. The first-order valence-electron chi connectivity index (χ1n) is 6.59. The maximum absolute atomic E-state index is 5.62. The Balaban J connectivity index is 2.15. The fraction of sp³-hybridized carbons (Fsp3) is 0.643. The Morgan fingerprint density at radius 3 is 2.83 bits per heavy atom. The van der Waals surface area contributed by atoms with Crippen molar-refractivity contribution in [3.05, 3.63) is 23.4 Å². The van der Waals surface area contributed by atoms with Crippen molar-refractivity contribution >= 4 is 5.82 Å². The van der Waals surface area contributed by atoms with Crippen molar-refractivity contribution < 1.29 is 4.74 Å². The quantitative estimate of drug-likeness (QED) is 0.881. The van der Waals surface area contributed by atoms with Gasteiger partial charge in [0.2, 0.25) is 0 Å². The van der Waals surface area contributed by atoms with Gasteiger partial charge in [-0.05, 0) is 38.9 Å². The summed E-state index contributed by atoms with van der Waals surface area (Å²) in [6.45, 7) is 5.92. The Labute approximate surface area is 109 Å². The molecule has 0 aliphatic carbocycles. The Hall–Kier alpha value is -1.13. The summed E-state index contributed by atoms with van der Waals surface area (Å²) in [5.74, 6) is 1.04. The van der Waals surface area contributed by atoms with E-state index in [1.54, 1.807) is 0 Å². The summed E-state index contributed by atoms with van der Waals surface area (Å²) in [6.07, 6.45) is 1.37. The molecule has 4 nitrogen and oxygen atoms in total. The number of pyridine rings is 1. The van der Waals surface area contributed by atoms with E-state index >= 15 is 0 Å². The topological polar surface area (TPSA) is 37.4 Å². The summed E-state index contributed by atoms with van der Waals surface area (Å²) in [6, 6.07) is 4.70. The first-order chi connectivity index (χ1) is 8.63. The van der Waals surface area contributed by atoms with Gasteiger partial charge < -0.3 is 15.0 Å². The second kappa shape index (κ2) is 5.67. The van der Waals surface area contributed by atoms with Crippen LogP contribution in [-0.2, 0) is 11.3 Å². The van der Waals surface area contributed by atoms with Crippen molar-refractivity contribution in [3.8, 4) is 0 Å². The largest absolute Gasteiger partial charge is 0.376 e. The summed E-state index contributed by atoms with van der Waals surface area (Å²) < 4.78 is 5.62. The lowest BCUT2D eigenvalue weighted by atomic mass is 10.1. The molecule has 1 aromatic heterocycles. The maximum Gasteiger partial charge on any atom is 0.128 e. The highest BCUT2D eigenvalue weighted by Crippen LogP contribution is 2.23. The second-order valence-corrected chi connectivity index (χ2v) is 4.99. The van der Waals surface area contributed by atoms with Crippen LogP contribution in [0.3, 0.4) is 0 Å². The molecule has 1 fully saturated rings. The van der Waals surface area contributed by atoms with E-state index in [0.29, 0.717) is 6.04 Å². The Morgan fingerprint density at radius 1 is 1.50 bits per heavy atom. The molecule has 0 radical (unpaired) electrons. The Morgan fingerprint density at radius 2 is 2.28 bits per heavy atom. The van der Waals surface area contributed by atoms with Crippen LogP contribution in [0.5, 0.6) is 0 Å². The van der Waals surface area contributed by atoms with Gasteiger partial charge in [0, 0.05) is 25.9 Å². The van der Waals surface area contributed by atoms with Crippen LogP contribution < -0.4 is 10.2 Å². The van der Waals surface area contributed by atoms with Gasteiger partial charge in [0.1, 0.15) is 5.82 Å². The van der Waals surface area contributed by atoms with Crippen LogP contribution in [0.2, 0.25) is 0 Å². The van der Waals surface area contributed by atoms with E-state index in [1.165, 1.54) is 5.56 Å². The van der Waals surface area contributed by atoms with Crippen LogP contribution in [0, 0.1) is 6.92 Å². The molecule has 0 bridgehead atoms. The lowest BCUT2D eigenvalue weighted by Crippen LogP contribution is -2.37. The van der Waals surface area contributed by atoms with Crippen molar-refractivity contribution in [2.24, 2.45) is 0 Å². The van der Waals surface area contributed by atoms with Crippen molar-refractivity contribution in [1.82, 2.24) is 10.3 Å². The van der Waals surface area contributed by atoms with E-state index in [4.69, 9.17) is 9.72 Å². The molecule has 2 atom stereocenters. The van der Waals surface area contributed by atoms with Gasteiger partial charge in [-0.1, -0.05) is 6.07 Å². The van der Waals surface area contributed by atoms with Gasteiger partial charge in [0.05, 0.1) is 12.1 Å². The van der Waals surface area contributed by atoms with Crippen molar-refractivity contribution in [1.29, 1.82) is 0 Å². The average molecular weight is 249 g/mol. The predicted molar refractivity (Wildman–Crippen MR) is 74.0 cm³/mol. The zero-order valence-corrected chi connectivity index (χ0v) is 11.7. The van der Waals surface area contributed by atoms with Gasteiger partial charge in [0.15, 0.2) is 0 Å².